The van der Waals surface area contributed by atoms with Gasteiger partial charge in [0.1, 0.15) is 18.8 Å². The zero-order chi connectivity index (χ0) is 48.2. The number of alkyl halides is 2. The number of nitrogens with zero attached hydrogens (tertiary/aromatic N) is 5. The van der Waals surface area contributed by atoms with Crippen molar-refractivity contribution in [3.8, 4) is 0 Å². The monoisotopic (exact) mass is 941 g/mol. The Morgan fingerprint density at radius 3 is 2.54 bits per heavy atom. The SMILES string of the molecule is C[NH+]=C/C(=C\N)c1cc2c(cc1C(F)F)[N+](=C(N)C1=C(NC3CCN(C(=O)CN4CCOC(CCNc5cccc6c5C(=O)N(C5CCC(=O)NC5=O)C6=O)C4)CC3)CCN(C(C)=O)C1)CCC2. The lowest BCUT2D eigenvalue weighted by Crippen LogP contribution is -2.63. The predicted octanol–water partition coefficient (Wildman–Crippen LogP) is 0.344. The largest absolute Gasteiger partial charge is 0.404 e. The minimum absolute atomic E-state index is 0.0334. The number of hydrogen-bond acceptors (Lipinski definition) is 11. The Bertz CT molecular complexity index is 2500. The highest BCUT2D eigenvalue weighted by atomic mass is 19.3. The maximum absolute atomic E-state index is 14.6. The molecule has 2 atom stereocenters. The molecule has 0 aromatic heterocycles. The lowest BCUT2D eigenvalue weighted by atomic mass is 9.92. The van der Waals surface area contributed by atoms with Crippen molar-refractivity contribution in [2.75, 3.05) is 77.9 Å². The molecule has 2 aromatic rings. The quantitative estimate of drug-likeness (QED) is 0.0692. The average Bonchev–Trinajstić information content (AvgIpc) is 3.58. The van der Waals surface area contributed by atoms with E-state index >= 15 is 0 Å². The second-order valence-electron chi connectivity index (χ2n) is 18.1. The van der Waals surface area contributed by atoms with Crippen LogP contribution in [0.3, 0.4) is 0 Å². The molecule has 0 spiro atoms. The zero-order valence-electron chi connectivity index (χ0n) is 38.6. The van der Waals surface area contributed by atoms with Gasteiger partial charge in [-0.25, -0.2) is 13.4 Å². The van der Waals surface area contributed by atoms with Crippen molar-refractivity contribution in [2.45, 2.75) is 82.9 Å². The van der Waals surface area contributed by atoms with Crippen molar-refractivity contribution in [2.24, 2.45) is 11.5 Å². The smallest absolute Gasteiger partial charge is 0.279 e. The van der Waals surface area contributed by atoms with Crippen LogP contribution in [0.2, 0.25) is 0 Å². The van der Waals surface area contributed by atoms with Crippen LogP contribution in [0.4, 0.5) is 20.2 Å². The van der Waals surface area contributed by atoms with E-state index in [9.17, 15) is 37.5 Å². The summed E-state index contributed by atoms with van der Waals surface area (Å²) in [6, 6.07) is 7.24. The van der Waals surface area contributed by atoms with E-state index in [0.717, 1.165) is 28.2 Å². The zero-order valence-corrected chi connectivity index (χ0v) is 38.6. The summed E-state index contributed by atoms with van der Waals surface area (Å²) in [6.07, 6.45) is 4.03. The number of rotatable bonds is 13. The molecule has 3 fully saturated rings. The van der Waals surface area contributed by atoms with Crippen LogP contribution in [0.5, 0.6) is 0 Å². The fraction of sp³-hybridized carbons (Fsp3) is 0.500. The molecule has 0 bridgehead atoms. The van der Waals surface area contributed by atoms with E-state index in [0.29, 0.717) is 113 Å². The number of imide groups is 2. The van der Waals surface area contributed by atoms with Gasteiger partial charge >= 0.3 is 0 Å². The number of fused-ring (bicyclic) bond motifs is 2. The number of hydrogen-bond donors (Lipinski definition) is 6. The molecule has 6 heterocycles. The number of benzene rings is 2. The summed E-state index contributed by atoms with van der Waals surface area (Å²) in [5, 5.41) is 9.23. The van der Waals surface area contributed by atoms with Crippen LogP contribution in [0.25, 0.3) is 5.57 Å². The first-order valence-electron chi connectivity index (χ1n) is 23.5. The summed E-state index contributed by atoms with van der Waals surface area (Å²) in [5.74, 6) is -1.87. The van der Waals surface area contributed by atoms with Gasteiger partial charge < -0.3 is 30.9 Å². The maximum atomic E-state index is 14.6. The fourth-order valence-corrected chi connectivity index (χ4v) is 10.2. The molecule has 8 N–H and O–H groups in total. The predicted molar refractivity (Wildman–Crippen MR) is 248 cm³/mol. The number of morpholine rings is 1. The van der Waals surface area contributed by atoms with Crippen molar-refractivity contribution in [1.82, 2.24) is 30.2 Å². The van der Waals surface area contributed by atoms with E-state index in [1.165, 1.54) is 19.2 Å². The van der Waals surface area contributed by atoms with Crippen LogP contribution < -0.4 is 32.4 Å². The summed E-state index contributed by atoms with van der Waals surface area (Å²) >= 11 is 0. The second kappa shape index (κ2) is 20.8. The van der Waals surface area contributed by atoms with Gasteiger partial charge in [0, 0.05) is 88.2 Å². The Balaban J connectivity index is 0.870. The second-order valence-corrected chi connectivity index (χ2v) is 18.1. The van der Waals surface area contributed by atoms with Crippen molar-refractivity contribution < 1.29 is 51.9 Å². The number of amidine groups is 1. The fourth-order valence-electron chi connectivity index (χ4n) is 10.2. The average molecular weight is 942 g/mol. The lowest BCUT2D eigenvalue weighted by molar-refractivity contribution is -0.447. The first-order chi connectivity index (χ1) is 32.8. The third kappa shape index (κ3) is 10.0. The molecule has 18 nitrogen and oxygen atoms in total. The van der Waals surface area contributed by atoms with E-state index in [4.69, 9.17) is 16.2 Å². The van der Waals surface area contributed by atoms with Crippen molar-refractivity contribution in [1.29, 1.82) is 0 Å². The number of anilines is 1. The van der Waals surface area contributed by atoms with E-state index in [-0.39, 0.29) is 66.6 Å². The van der Waals surface area contributed by atoms with Crippen LogP contribution in [0.1, 0.15) is 95.7 Å². The molecule has 8 rings (SSSR count). The van der Waals surface area contributed by atoms with Gasteiger partial charge in [-0.1, -0.05) is 6.07 Å². The molecule has 2 aromatic carbocycles. The summed E-state index contributed by atoms with van der Waals surface area (Å²) in [4.78, 5) is 86.9. The van der Waals surface area contributed by atoms with Crippen LogP contribution in [0.15, 0.2) is 47.8 Å². The number of aryl methyl sites for hydroxylation is 1. The van der Waals surface area contributed by atoms with Crippen LogP contribution in [-0.2, 0) is 30.3 Å². The van der Waals surface area contributed by atoms with Gasteiger partial charge in [-0.05, 0) is 73.9 Å². The molecule has 2 unspecified atom stereocenters. The van der Waals surface area contributed by atoms with Gasteiger partial charge in [-0.15, -0.1) is 0 Å². The number of ether oxygens (including phenoxy) is 1. The van der Waals surface area contributed by atoms with E-state index in [2.05, 4.69) is 25.8 Å². The number of halogens is 2. The normalized spacial score (nSPS) is 22.8. The van der Waals surface area contributed by atoms with E-state index in [1.54, 1.807) is 42.4 Å². The number of piperidine rings is 2. The number of allylic oxidation sites excluding steroid dienone is 1. The van der Waals surface area contributed by atoms with Crippen molar-refractivity contribution in [3.05, 3.63) is 75.6 Å². The Morgan fingerprint density at radius 1 is 1.03 bits per heavy atom. The Hall–Kier alpha value is -6.54. The van der Waals surface area contributed by atoms with Crippen LogP contribution in [0, 0.1) is 0 Å². The lowest BCUT2D eigenvalue weighted by Gasteiger charge is -2.38. The summed E-state index contributed by atoms with van der Waals surface area (Å²) in [5.41, 5.74) is 17.6. The molecule has 0 saturated carbocycles. The highest BCUT2D eigenvalue weighted by molar-refractivity contribution is 6.25. The molecule has 68 heavy (non-hydrogen) atoms. The number of carbonyl (C=O) groups is 6. The van der Waals surface area contributed by atoms with Gasteiger partial charge in [0.25, 0.3) is 24.1 Å². The number of likely N-dealkylation sites (tertiary alicyclic amines) is 1. The van der Waals surface area contributed by atoms with Crippen molar-refractivity contribution in [3.63, 3.8) is 0 Å². The third-order valence-electron chi connectivity index (χ3n) is 13.8. The minimum atomic E-state index is -2.76. The standard InChI is InChI=1S/C48H59F2N11O7/c1-28(62)59-18-13-37(36(26-59)45(52)60-15-4-5-29-21-34(30(23-51)24-53-2)35(44(49)50)22-40(29)60)55-31-11-16-58(17-12-31)42(64)27-57-19-20-68-32(25-57)10-14-54-38-7-3-6-33-43(38)48(67)61(47(33)66)39-8-9-41(63)56-46(39)65/h3,6-7,21-24,31-32,39,44H,4-5,8-20,25-27H2,1-2H3,(H6,51,52,53,54,55,56,63,65,67)/p+2. The topological polar surface area (TPSA) is 230 Å². The molecule has 0 radical (unpaired) electrons. The number of nitrogens with one attached hydrogen (secondary N) is 4. The first kappa shape index (κ1) is 47.9. The Labute approximate surface area is 393 Å². The molecular formula is C48H61F2N11O7+2. The molecule has 362 valence electrons. The van der Waals surface area contributed by atoms with E-state index < -0.39 is 36.1 Å². The number of carbonyl (C=O) groups excluding carboxylic acids is 6. The number of nitrogens with two attached hydrogens (primary N) is 2. The Morgan fingerprint density at radius 2 is 1.82 bits per heavy atom. The van der Waals surface area contributed by atoms with Crippen molar-refractivity contribution >= 4 is 64.4 Å². The highest BCUT2D eigenvalue weighted by Crippen LogP contribution is 2.37. The summed E-state index contributed by atoms with van der Waals surface area (Å²) in [7, 11) is 1.68. The molecule has 20 heteroatoms. The first-order valence-corrected chi connectivity index (χ1v) is 23.5. The van der Waals surface area contributed by atoms with Gasteiger partial charge in [0.2, 0.25) is 23.6 Å². The maximum Gasteiger partial charge on any atom is 0.279 e. The third-order valence-corrected chi connectivity index (χ3v) is 13.8. The highest BCUT2D eigenvalue weighted by Gasteiger charge is 2.46. The minimum Gasteiger partial charge on any atom is -0.404 e. The van der Waals surface area contributed by atoms with Gasteiger partial charge in [-0.3, -0.25) is 54.6 Å². The van der Waals surface area contributed by atoms with Crippen LogP contribution >= 0.6 is 0 Å². The summed E-state index contributed by atoms with van der Waals surface area (Å²) in [6.45, 7) is 6.22. The molecular weight excluding hydrogens is 881 g/mol. The van der Waals surface area contributed by atoms with Gasteiger partial charge in [0.15, 0.2) is 6.21 Å². The Kier molecular flexibility index (Phi) is 14.6. The molecule has 6 amide bonds. The van der Waals surface area contributed by atoms with Gasteiger partial charge in [-0.2, -0.15) is 0 Å². The van der Waals surface area contributed by atoms with Gasteiger partial charge in [0.05, 0.1) is 54.6 Å². The van der Waals surface area contributed by atoms with E-state index in [1.807, 2.05) is 9.48 Å². The summed E-state index contributed by atoms with van der Waals surface area (Å²) < 4.78 is 37.2. The molecule has 6 aliphatic rings. The number of amides is 6. The molecule has 3 saturated heterocycles. The van der Waals surface area contributed by atoms with Crippen LogP contribution in [-0.4, -0.2) is 162 Å². The molecule has 0 aliphatic carbocycles. The molecule has 6 aliphatic heterocycles.